The fraction of sp³-hybridized carbons (Fsp3) is 0.474. The summed E-state index contributed by atoms with van der Waals surface area (Å²) in [7, 11) is 1.88. The van der Waals surface area contributed by atoms with Crippen molar-refractivity contribution in [2.75, 3.05) is 13.1 Å². The van der Waals surface area contributed by atoms with Gasteiger partial charge in [0.1, 0.15) is 12.4 Å². The van der Waals surface area contributed by atoms with Gasteiger partial charge in [0.05, 0.1) is 17.4 Å². The highest BCUT2D eigenvalue weighted by atomic mass is 16.3. The van der Waals surface area contributed by atoms with E-state index in [9.17, 15) is 9.90 Å². The number of likely N-dealkylation sites (tertiary alicyclic amines) is 1. The van der Waals surface area contributed by atoms with Crippen LogP contribution in [0.1, 0.15) is 36.8 Å². The maximum atomic E-state index is 12.6. The van der Waals surface area contributed by atoms with Crippen molar-refractivity contribution in [1.29, 1.82) is 0 Å². The molecule has 1 N–H and O–H groups in total. The highest BCUT2D eigenvalue weighted by Crippen LogP contribution is 2.27. The van der Waals surface area contributed by atoms with E-state index in [0.29, 0.717) is 18.8 Å². The van der Waals surface area contributed by atoms with Crippen molar-refractivity contribution in [2.24, 2.45) is 7.05 Å². The number of amides is 1. The number of aliphatic hydroxyl groups excluding tert-OH is 1. The van der Waals surface area contributed by atoms with Gasteiger partial charge in [0.25, 0.3) is 0 Å². The highest BCUT2D eigenvalue weighted by Gasteiger charge is 2.27. The van der Waals surface area contributed by atoms with Crippen LogP contribution in [0.25, 0.3) is 11.0 Å². The molecule has 0 bridgehead atoms. The highest BCUT2D eigenvalue weighted by molar-refractivity contribution is 5.77. The molecule has 1 saturated heterocycles. The number of aromatic nitrogens is 5. The lowest BCUT2D eigenvalue weighted by Crippen LogP contribution is -2.38. The Hall–Kier alpha value is -2.74. The van der Waals surface area contributed by atoms with E-state index in [1.54, 1.807) is 6.33 Å². The summed E-state index contributed by atoms with van der Waals surface area (Å²) < 4.78 is 3.91. The number of aliphatic hydroxyl groups is 1. The minimum atomic E-state index is -0.107. The van der Waals surface area contributed by atoms with Crippen LogP contribution in [0.3, 0.4) is 0 Å². The zero-order valence-corrected chi connectivity index (χ0v) is 15.5. The largest absolute Gasteiger partial charge is 0.388 e. The Morgan fingerprint density at radius 1 is 1.22 bits per heavy atom. The summed E-state index contributed by atoms with van der Waals surface area (Å²) >= 11 is 0. The average Bonchev–Trinajstić information content (AvgIpc) is 3.29. The van der Waals surface area contributed by atoms with E-state index >= 15 is 0 Å². The van der Waals surface area contributed by atoms with Crippen molar-refractivity contribution in [3.63, 3.8) is 0 Å². The van der Waals surface area contributed by atoms with Crippen LogP contribution in [0.4, 0.5) is 0 Å². The normalized spacial score (nSPS) is 15.6. The first kappa shape index (κ1) is 17.7. The van der Waals surface area contributed by atoms with Crippen LogP contribution < -0.4 is 0 Å². The summed E-state index contributed by atoms with van der Waals surface area (Å²) in [5.74, 6) is 1.94. The molecular formula is C19H24N6O2. The summed E-state index contributed by atoms with van der Waals surface area (Å²) in [5, 5.41) is 17.5. The van der Waals surface area contributed by atoms with Gasteiger partial charge in [0, 0.05) is 39.0 Å². The monoisotopic (exact) mass is 368 g/mol. The van der Waals surface area contributed by atoms with Gasteiger partial charge >= 0.3 is 0 Å². The molecule has 1 aliphatic heterocycles. The van der Waals surface area contributed by atoms with Gasteiger partial charge in [0.15, 0.2) is 5.82 Å². The molecule has 1 amide bonds. The molecular weight excluding hydrogens is 344 g/mol. The van der Waals surface area contributed by atoms with Crippen molar-refractivity contribution in [1.82, 2.24) is 29.2 Å². The quantitative estimate of drug-likeness (QED) is 0.736. The second-order valence-electron chi connectivity index (χ2n) is 7.02. The molecule has 0 aliphatic carbocycles. The Bertz CT molecular complexity index is 939. The number of para-hydroxylation sites is 2. The number of rotatable bonds is 5. The van der Waals surface area contributed by atoms with Crippen molar-refractivity contribution < 1.29 is 9.90 Å². The van der Waals surface area contributed by atoms with E-state index < -0.39 is 0 Å². The van der Waals surface area contributed by atoms with E-state index in [2.05, 4.69) is 15.2 Å². The number of nitrogens with zero attached hydrogens (tertiary/aromatic N) is 6. The van der Waals surface area contributed by atoms with E-state index in [0.717, 1.165) is 42.8 Å². The SMILES string of the molecule is Cn1c(CO)nnc1C1CCN(C(=O)CCn2cnc3ccccc32)CC1. The fourth-order valence-corrected chi connectivity index (χ4v) is 3.82. The minimum Gasteiger partial charge on any atom is -0.388 e. The summed E-state index contributed by atoms with van der Waals surface area (Å²) in [6.45, 7) is 2.00. The van der Waals surface area contributed by atoms with E-state index in [4.69, 9.17) is 0 Å². The van der Waals surface area contributed by atoms with Gasteiger partial charge in [-0.1, -0.05) is 12.1 Å². The summed E-state index contributed by atoms with van der Waals surface area (Å²) in [6, 6.07) is 7.96. The molecule has 1 aromatic carbocycles. The molecule has 1 fully saturated rings. The molecule has 0 saturated carbocycles. The lowest BCUT2D eigenvalue weighted by atomic mass is 9.95. The molecule has 1 aliphatic rings. The van der Waals surface area contributed by atoms with Crippen molar-refractivity contribution in [3.05, 3.63) is 42.2 Å². The molecule has 27 heavy (non-hydrogen) atoms. The fourth-order valence-electron chi connectivity index (χ4n) is 3.82. The number of aryl methyl sites for hydroxylation is 1. The van der Waals surface area contributed by atoms with Gasteiger partial charge in [0.2, 0.25) is 5.91 Å². The Morgan fingerprint density at radius 2 is 2.00 bits per heavy atom. The number of hydrogen-bond donors (Lipinski definition) is 1. The van der Waals surface area contributed by atoms with Crippen molar-refractivity contribution >= 4 is 16.9 Å². The minimum absolute atomic E-state index is 0.107. The molecule has 3 aromatic rings. The van der Waals surface area contributed by atoms with E-state index in [1.165, 1.54) is 0 Å². The number of carbonyl (C=O) groups is 1. The number of fused-ring (bicyclic) bond motifs is 1. The van der Waals surface area contributed by atoms with Crippen LogP contribution in [-0.2, 0) is 25.0 Å². The average molecular weight is 368 g/mol. The molecule has 142 valence electrons. The predicted molar refractivity (Wildman–Crippen MR) is 99.8 cm³/mol. The van der Waals surface area contributed by atoms with Crippen LogP contribution in [0, 0.1) is 0 Å². The number of benzene rings is 1. The Balaban J connectivity index is 1.32. The first-order chi connectivity index (χ1) is 13.2. The Morgan fingerprint density at radius 3 is 2.74 bits per heavy atom. The van der Waals surface area contributed by atoms with Gasteiger partial charge in [-0.25, -0.2) is 4.98 Å². The van der Waals surface area contributed by atoms with E-state index in [1.807, 2.05) is 45.3 Å². The number of imidazole rings is 1. The molecule has 0 radical (unpaired) electrons. The van der Waals surface area contributed by atoms with Gasteiger partial charge in [-0.15, -0.1) is 10.2 Å². The van der Waals surface area contributed by atoms with Crippen molar-refractivity contribution in [2.45, 2.75) is 38.3 Å². The predicted octanol–water partition coefficient (Wildman–Crippen LogP) is 1.45. The first-order valence-corrected chi connectivity index (χ1v) is 9.34. The standard InChI is InChI=1S/C19H24N6O2/c1-23-17(12-26)21-22-19(23)14-6-9-24(10-7-14)18(27)8-11-25-13-20-15-4-2-3-5-16(15)25/h2-5,13-14,26H,6-12H2,1H3. The maximum absolute atomic E-state index is 12.6. The van der Waals surface area contributed by atoms with Crippen LogP contribution in [0.2, 0.25) is 0 Å². The third-order valence-corrected chi connectivity index (χ3v) is 5.45. The third-order valence-electron chi connectivity index (χ3n) is 5.45. The second-order valence-corrected chi connectivity index (χ2v) is 7.02. The molecule has 2 aromatic heterocycles. The topological polar surface area (TPSA) is 89.1 Å². The molecule has 0 spiro atoms. The summed E-state index contributed by atoms with van der Waals surface area (Å²) in [4.78, 5) is 18.9. The first-order valence-electron chi connectivity index (χ1n) is 9.34. The summed E-state index contributed by atoms with van der Waals surface area (Å²) in [6.07, 6.45) is 4.02. The number of piperidine rings is 1. The lowest BCUT2D eigenvalue weighted by Gasteiger charge is -2.31. The summed E-state index contributed by atoms with van der Waals surface area (Å²) in [5.41, 5.74) is 2.02. The molecule has 8 heteroatoms. The lowest BCUT2D eigenvalue weighted by molar-refractivity contribution is -0.132. The number of carbonyl (C=O) groups excluding carboxylic acids is 1. The second kappa shape index (κ2) is 7.48. The van der Waals surface area contributed by atoms with E-state index in [-0.39, 0.29) is 18.4 Å². The van der Waals surface area contributed by atoms with Crippen LogP contribution in [0.5, 0.6) is 0 Å². The Kier molecular flexibility index (Phi) is 4.89. The van der Waals surface area contributed by atoms with Gasteiger partial charge < -0.3 is 19.1 Å². The zero-order chi connectivity index (χ0) is 18.8. The van der Waals surface area contributed by atoms with Crippen LogP contribution >= 0.6 is 0 Å². The van der Waals surface area contributed by atoms with Crippen molar-refractivity contribution in [3.8, 4) is 0 Å². The number of hydrogen-bond acceptors (Lipinski definition) is 5. The smallest absolute Gasteiger partial charge is 0.224 e. The zero-order valence-electron chi connectivity index (χ0n) is 15.5. The van der Waals surface area contributed by atoms with Gasteiger partial charge in [-0.2, -0.15) is 0 Å². The van der Waals surface area contributed by atoms with Gasteiger partial charge in [-0.05, 0) is 25.0 Å². The maximum Gasteiger partial charge on any atom is 0.224 e. The van der Waals surface area contributed by atoms with Crippen LogP contribution in [-0.4, -0.2) is 53.3 Å². The van der Waals surface area contributed by atoms with Crippen LogP contribution in [0.15, 0.2) is 30.6 Å². The Labute approximate surface area is 157 Å². The molecule has 8 nitrogen and oxygen atoms in total. The molecule has 3 heterocycles. The van der Waals surface area contributed by atoms with Gasteiger partial charge in [-0.3, -0.25) is 4.79 Å². The molecule has 0 atom stereocenters. The molecule has 4 rings (SSSR count). The molecule has 0 unspecified atom stereocenters. The third kappa shape index (κ3) is 3.44.